The summed E-state index contributed by atoms with van der Waals surface area (Å²) in [7, 11) is 0. The van der Waals surface area contributed by atoms with E-state index in [-0.39, 0.29) is 23.5 Å². The monoisotopic (exact) mass is 238 g/mol. The Morgan fingerprint density at radius 3 is 2.88 bits per heavy atom. The maximum absolute atomic E-state index is 11.8. The summed E-state index contributed by atoms with van der Waals surface area (Å²) >= 11 is 0. The predicted octanol–water partition coefficient (Wildman–Crippen LogP) is 1.35. The molecular weight excluding hydrogens is 220 g/mol. The zero-order valence-electron chi connectivity index (χ0n) is 9.98. The molecule has 0 bridgehead atoms. The van der Waals surface area contributed by atoms with Gasteiger partial charge in [-0.1, -0.05) is 19.8 Å². The van der Waals surface area contributed by atoms with Crippen molar-refractivity contribution >= 4 is 11.7 Å². The van der Waals surface area contributed by atoms with E-state index < -0.39 is 0 Å². The van der Waals surface area contributed by atoms with Gasteiger partial charge in [-0.05, 0) is 35.5 Å². The van der Waals surface area contributed by atoms with Crippen LogP contribution in [-0.2, 0) is 0 Å². The third kappa shape index (κ3) is 2.95. The number of carbonyl (C=O) groups is 1. The highest BCUT2D eigenvalue weighted by molar-refractivity contribution is 5.96. The van der Waals surface area contributed by atoms with Crippen molar-refractivity contribution in [2.24, 2.45) is 5.92 Å². The van der Waals surface area contributed by atoms with E-state index in [0.29, 0.717) is 0 Å². The van der Waals surface area contributed by atoms with Gasteiger partial charge in [-0.2, -0.15) is 0 Å². The maximum atomic E-state index is 11.8. The average molecular weight is 238 g/mol. The molecule has 2 unspecified atom stereocenters. The van der Waals surface area contributed by atoms with Gasteiger partial charge < -0.3 is 11.1 Å². The van der Waals surface area contributed by atoms with E-state index in [1.165, 1.54) is 6.42 Å². The molecule has 1 aliphatic carbocycles. The molecule has 2 rings (SSSR count). The third-order valence-electron chi connectivity index (χ3n) is 3.32. The first kappa shape index (κ1) is 11.9. The number of nitrogen functional groups attached to an aromatic ring is 1. The van der Waals surface area contributed by atoms with E-state index >= 15 is 0 Å². The second-order valence-corrected chi connectivity index (χ2v) is 4.78. The van der Waals surface area contributed by atoms with Crippen LogP contribution in [0.5, 0.6) is 0 Å². The van der Waals surface area contributed by atoms with E-state index in [9.17, 15) is 4.79 Å². The number of amides is 1. The highest BCUT2D eigenvalue weighted by atomic mass is 16.6. The maximum Gasteiger partial charge on any atom is 0.277 e. The van der Waals surface area contributed by atoms with E-state index in [2.05, 4.69) is 27.2 Å². The Morgan fingerprint density at radius 1 is 1.35 bits per heavy atom. The molecule has 1 heterocycles. The van der Waals surface area contributed by atoms with Crippen LogP contribution in [0.2, 0.25) is 0 Å². The van der Waals surface area contributed by atoms with Gasteiger partial charge in [0.05, 0.1) is 0 Å². The van der Waals surface area contributed by atoms with E-state index in [4.69, 9.17) is 5.73 Å². The molecule has 1 amide bonds. The lowest BCUT2D eigenvalue weighted by Crippen LogP contribution is -2.35. The van der Waals surface area contributed by atoms with Gasteiger partial charge in [0.15, 0.2) is 0 Å². The summed E-state index contributed by atoms with van der Waals surface area (Å²) in [5.74, 6) is 0.503. The van der Waals surface area contributed by atoms with E-state index in [1.54, 1.807) is 0 Å². The molecule has 0 spiro atoms. The Kier molecular flexibility index (Phi) is 3.61. The highest BCUT2D eigenvalue weighted by Gasteiger charge is 2.21. The summed E-state index contributed by atoms with van der Waals surface area (Å²) in [5, 5.41) is 9.83. The minimum Gasteiger partial charge on any atom is -0.379 e. The fourth-order valence-corrected chi connectivity index (χ4v) is 2.24. The van der Waals surface area contributed by atoms with Crippen LogP contribution in [-0.4, -0.2) is 22.3 Å². The van der Waals surface area contributed by atoms with Gasteiger partial charge in [-0.15, -0.1) is 0 Å². The molecule has 17 heavy (non-hydrogen) atoms. The summed E-state index contributed by atoms with van der Waals surface area (Å²) in [6.07, 6.45) is 5.57. The molecule has 2 atom stereocenters. The standard InChI is InChI=1S/C11H18N4O2/c1-7-3-2-4-8(6-5-7)13-11(16)9-10(12)15-17-14-9/h7-8H,2-6H2,1H3,(H2,12,15)(H,13,16). The lowest BCUT2D eigenvalue weighted by molar-refractivity contribution is 0.0924. The van der Waals surface area contributed by atoms with Gasteiger partial charge in [-0.25, -0.2) is 4.63 Å². The number of hydrogen-bond donors (Lipinski definition) is 2. The summed E-state index contributed by atoms with van der Waals surface area (Å²) < 4.78 is 4.41. The first-order valence-electron chi connectivity index (χ1n) is 6.05. The number of nitrogens with zero attached hydrogens (tertiary/aromatic N) is 2. The van der Waals surface area contributed by atoms with Crippen LogP contribution in [0, 0.1) is 5.92 Å². The summed E-state index contributed by atoms with van der Waals surface area (Å²) in [4.78, 5) is 11.8. The van der Waals surface area contributed by atoms with Gasteiger partial charge in [-0.3, -0.25) is 4.79 Å². The molecule has 1 fully saturated rings. The lowest BCUT2D eigenvalue weighted by atomic mass is 10.0. The minimum atomic E-state index is -0.289. The summed E-state index contributed by atoms with van der Waals surface area (Å²) in [6.45, 7) is 2.25. The minimum absolute atomic E-state index is 0.0458. The summed E-state index contributed by atoms with van der Waals surface area (Å²) in [5.41, 5.74) is 5.56. The predicted molar refractivity (Wildman–Crippen MR) is 62.2 cm³/mol. The van der Waals surface area contributed by atoms with Crippen LogP contribution in [0.4, 0.5) is 5.82 Å². The van der Waals surface area contributed by atoms with Gasteiger partial charge in [0.1, 0.15) is 0 Å². The second kappa shape index (κ2) is 5.16. The average Bonchev–Trinajstić information content (AvgIpc) is 2.61. The molecule has 3 N–H and O–H groups in total. The van der Waals surface area contributed by atoms with Gasteiger partial charge in [0.25, 0.3) is 5.91 Å². The number of anilines is 1. The molecule has 6 nitrogen and oxygen atoms in total. The number of rotatable bonds is 2. The van der Waals surface area contributed by atoms with Crippen molar-refractivity contribution in [2.75, 3.05) is 5.73 Å². The second-order valence-electron chi connectivity index (χ2n) is 4.78. The van der Waals surface area contributed by atoms with Crippen LogP contribution in [0.1, 0.15) is 49.5 Å². The molecule has 1 aromatic heterocycles. The fourth-order valence-electron chi connectivity index (χ4n) is 2.24. The molecule has 0 radical (unpaired) electrons. The van der Waals surface area contributed by atoms with Crippen molar-refractivity contribution in [2.45, 2.75) is 45.1 Å². The summed E-state index contributed by atoms with van der Waals surface area (Å²) in [6, 6.07) is 0.212. The van der Waals surface area contributed by atoms with E-state index in [0.717, 1.165) is 31.6 Å². The SMILES string of the molecule is CC1CCCC(NC(=O)c2nonc2N)CC1. The van der Waals surface area contributed by atoms with Crippen LogP contribution >= 0.6 is 0 Å². The van der Waals surface area contributed by atoms with Crippen LogP contribution in [0.15, 0.2) is 4.63 Å². The Labute approximate surface area is 99.9 Å². The number of nitrogens with two attached hydrogens (primary N) is 1. The zero-order chi connectivity index (χ0) is 12.3. The van der Waals surface area contributed by atoms with Crippen molar-refractivity contribution in [3.05, 3.63) is 5.69 Å². The zero-order valence-corrected chi connectivity index (χ0v) is 9.98. The quantitative estimate of drug-likeness (QED) is 0.758. The van der Waals surface area contributed by atoms with Crippen LogP contribution in [0.25, 0.3) is 0 Å². The molecule has 1 aromatic rings. The Balaban J connectivity index is 1.92. The van der Waals surface area contributed by atoms with E-state index in [1.807, 2.05) is 0 Å². The van der Waals surface area contributed by atoms with Gasteiger partial charge >= 0.3 is 0 Å². The van der Waals surface area contributed by atoms with Crippen molar-refractivity contribution in [1.29, 1.82) is 0 Å². The highest BCUT2D eigenvalue weighted by Crippen LogP contribution is 2.22. The van der Waals surface area contributed by atoms with Crippen LogP contribution < -0.4 is 11.1 Å². The number of aromatic nitrogens is 2. The topological polar surface area (TPSA) is 94.0 Å². The molecule has 0 saturated heterocycles. The number of nitrogens with one attached hydrogen (secondary N) is 1. The Hall–Kier alpha value is -1.59. The van der Waals surface area contributed by atoms with Crippen molar-refractivity contribution < 1.29 is 9.42 Å². The normalized spacial score (nSPS) is 25.2. The molecule has 6 heteroatoms. The molecule has 94 valence electrons. The first-order valence-corrected chi connectivity index (χ1v) is 6.05. The third-order valence-corrected chi connectivity index (χ3v) is 3.32. The molecular formula is C11H18N4O2. The fraction of sp³-hybridized carbons (Fsp3) is 0.727. The number of carbonyl (C=O) groups excluding carboxylic acids is 1. The van der Waals surface area contributed by atoms with Crippen LogP contribution in [0.3, 0.4) is 0 Å². The number of hydrogen-bond acceptors (Lipinski definition) is 5. The Morgan fingerprint density at radius 2 is 2.18 bits per heavy atom. The molecule has 1 aliphatic rings. The van der Waals surface area contributed by atoms with Gasteiger partial charge in [0, 0.05) is 6.04 Å². The Bertz CT molecular complexity index is 391. The smallest absolute Gasteiger partial charge is 0.277 e. The first-order chi connectivity index (χ1) is 8.16. The largest absolute Gasteiger partial charge is 0.379 e. The van der Waals surface area contributed by atoms with Crippen molar-refractivity contribution in [3.8, 4) is 0 Å². The van der Waals surface area contributed by atoms with Gasteiger partial charge in [0.2, 0.25) is 11.5 Å². The van der Waals surface area contributed by atoms with Crippen molar-refractivity contribution in [1.82, 2.24) is 15.6 Å². The molecule has 0 aromatic carbocycles. The van der Waals surface area contributed by atoms with Crippen molar-refractivity contribution in [3.63, 3.8) is 0 Å². The molecule has 1 saturated carbocycles. The lowest BCUT2D eigenvalue weighted by Gasteiger charge is -2.15. The molecule has 0 aliphatic heterocycles.